The maximum atomic E-state index is 13.2. The van der Waals surface area contributed by atoms with Crippen molar-refractivity contribution in [3.8, 4) is 0 Å². The van der Waals surface area contributed by atoms with Crippen molar-refractivity contribution in [2.45, 2.75) is 76.6 Å². The second-order valence-electron chi connectivity index (χ2n) is 10.5. The largest absolute Gasteiger partial charge is 0.480 e. The van der Waals surface area contributed by atoms with Gasteiger partial charge in [-0.05, 0) is 64.4 Å². The number of β-amino-alcohol motifs (C(OH)–C–C–N with tert-alkyl or cyclic N) is 1. The summed E-state index contributed by atoms with van der Waals surface area (Å²) in [6.45, 7) is 6.67. The highest BCUT2D eigenvalue weighted by atomic mass is 16.4. The number of carbonyl (C=O) groups excluding carboxylic acids is 1. The number of hydrogen-bond donors (Lipinski definition) is 4. The summed E-state index contributed by atoms with van der Waals surface area (Å²) in [5.74, 6) is -0.540. The van der Waals surface area contributed by atoms with Crippen LogP contribution in [0.25, 0.3) is 0 Å². The van der Waals surface area contributed by atoms with Crippen molar-refractivity contribution < 1.29 is 19.8 Å². The fraction of sp³-hybridized carbons (Fsp3) is 0.615. The minimum absolute atomic E-state index is 0.00238. The molecule has 0 aromatic heterocycles. The molecule has 1 aromatic rings. The Morgan fingerprint density at radius 1 is 1.21 bits per heavy atom. The minimum Gasteiger partial charge on any atom is -0.480 e. The number of aliphatic carboxylic acids is 1. The van der Waals surface area contributed by atoms with Crippen molar-refractivity contribution in [1.29, 1.82) is 0 Å². The first kappa shape index (κ1) is 25.4. The molecule has 4 N–H and O–H groups in total. The van der Waals surface area contributed by atoms with Gasteiger partial charge in [0, 0.05) is 24.7 Å². The SMILES string of the molecule is CC(C)(C)NC(=O)C1CC2CCCC=C2CN1CC(O)C(Cc1ccccc1)NCC(=O)O. The van der Waals surface area contributed by atoms with E-state index in [9.17, 15) is 14.7 Å². The molecule has 3 rings (SSSR count). The molecule has 1 aliphatic carbocycles. The Morgan fingerprint density at radius 2 is 1.94 bits per heavy atom. The van der Waals surface area contributed by atoms with Crippen LogP contribution in [0.4, 0.5) is 0 Å². The zero-order chi connectivity index (χ0) is 24.0. The van der Waals surface area contributed by atoms with Crippen LogP contribution in [0, 0.1) is 5.92 Å². The van der Waals surface area contributed by atoms with Crippen LogP contribution in [0.5, 0.6) is 0 Å². The number of carbonyl (C=O) groups is 2. The normalized spacial score (nSPS) is 23.2. The molecule has 1 amide bonds. The Morgan fingerprint density at radius 3 is 2.61 bits per heavy atom. The van der Waals surface area contributed by atoms with E-state index in [0.29, 0.717) is 25.4 Å². The Kier molecular flexibility index (Phi) is 8.68. The lowest BCUT2D eigenvalue weighted by Gasteiger charge is -2.43. The molecule has 0 saturated carbocycles. The average molecular weight is 458 g/mol. The van der Waals surface area contributed by atoms with Gasteiger partial charge in [0.05, 0.1) is 18.7 Å². The first-order valence-corrected chi connectivity index (χ1v) is 12.0. The van der Waals surface area contributed by atoms with Gasteiger partial charge >= 0.3 is 5.97 Å². The fourth-order valence-electron chi connectivity index (χ4n) is 4.95. The van der Waals surface area contributed by atoms with Crippen LogP contribution in [-0.2, 0) is 16.0 Å². The van der Waals surface area contributed by atoms with E-state index >= 15 is 0 Å². The van der Waals surface area contributed by atoms with Crippen molar-refractivity contribution >= 4 is 11.9 Å². The molecule has 4 atom stereocenters. The summed E-state index contributed by atoms with van der Waals surface area (Å²) in [5, 5.41) is 26.5. The zero-order valence-corrected chi connectivity index (χ0v) is 20.1. The van der Waals surface area contributed by atoms with Crippen LogP contribution in [-0.4, -0.2) is 70.4 Å². The number of fused-ring (bicyclic) bond motifs is 1. The molecule has 0 radical (unpaired) electrons. The number of carboxylic acid groups (broad SMARTS) is 1. The van der Waals surface area contributed by atoms with Crippen molar-refractivity contribution in [3.63, 3.8) is 0 Å². The van der Waals surface area contributed by atoms with Gasteiger partial charge in [-0.15, -0.1) is 0 Å². The lowest BCUT2D eigenvalue weighted by Crippen LogP contribution is -2.59. The number of hydrogen-bond acceptors (Lipinski definition) is 5. The fourth-order valence-corrected chi connectivity index (χ4v) is 4.95. The van der Waals surface area contributed by atoms with Crippen molar-refractivity contribution in [2.24, 2.45) is 5.92 Å². The number of benzene rings is 1. The number of likely N-dealkylation sites (tertiary alicyclic amines) is 1. The highest BCUT2D eigenvalue weighted by Crippen LogP contribution is 2.35. The van der Waals surface area contributed by atoms with Crippen LogP contribution in [0.2, 0.25) is 0 Å². The van der Waals surface area contributed by atoms with Gasteiger partial charge in [0.25, 0.3) is 0 Å². The van der Waals surface area contributed by atoms with E-state index < -0.39 is 18.1 Å². The van der Waals surface area contributed by atoms with Crippen molar-refractivity contribution in [1.82, 2.24) is 15.5 Å². The third kappa shape index (κ3) is 7.66. The lowest BCUT2D eigenvalue weighted by molar-refractivity contribution is -0.136. The van der Waals surface area contributed by atoms with Crippen LogP contribution >= 0.6 is 0 Å². The van der Waals surface area contributed by atoms with Gasteiger partial charge in [0.15, 0.2) is 0 Å². The Balaban J connectivity index is 1.77. The number of aliphatic hydroxyl groups is 1. The van der Waals surface area contributed by atoms with Gasteiger partial charge in [-0.2, -0.15) is 0 Å². The van der Waals surface area contributed by atoms with E-state index in [1.807, 2.05) is 51.1 Å². The highest BCUT2D eigenvalue weighted by Gasteiger charge is 2.39. The molecule has 0 spiro atoms. The third-order valence-corrected chi connectivity index (χ3v) is 6.52. The van der Waals surface area contributed by atoms with Gasteiger partial charge in [0.1, 0.15) is 0 Å². The summed E-state index contributed by atoms with van der Waals surface area (Å²) in [6, 6.07) is 9.00. The van der Waals surface area contributed by atoms with Crippen LogP contribution in [0.1, 0.15) is 52.0 Å². The molecule has 1 heterocycles. The number of amides is 1. The van der Waals surface area contributed by atoms with E-state index in [-0.39, 0.29) is 24.0 Å². The minimum atomic E-state index is -0.962. The van der Waals surface area contributed by atoms with Crippen molar-refractivity contribution in [2.75, 3.05) is 19.6 Å². The monoisotopic (exact) mass is 457 g/mol. The zero-order valence-electron chi connectivity index (χ0n) is 20.1. The summed E-state index contributed by atoms with van der Waals surface area (Å²) >= 11 is 0. The first-order chi connectivity index (χ1) is 15.6. The van der Waals surface area contributed by atoms with Gasteiger partial charge in [-0.1, -0.05) is 42.0 Å². The number of carboxylic acids is 1. The molecule has 1 aliphatic heterocycles. The number of piperidine rings is 1. The number of nitrogens with zero attached hydrogens (tertiary/aromatic N) is 1. The topological polar surface area (TPSA) is 102 Å². The standard InChI is InChI=1S/C26H39N3O4/c1-26(2,3)28-25(33)22-14-19-11-7-8-12-20(19)16-29(22)17-23(30)21(27-15-24(31)32)13-18-9-5-4-6-10-18/h4-6,9-10,12,19,21-23,27,30H,7-8,11,13-17H2,1-3H3,(H,28,33)(H,31,32). The molecule has 1 aromatic carbocycles. The second kappa shape index (κ2) is 11.3. The number of allylic oxidation sites excluding steroid dienone is 1. The predicted octanol–water partition coefficient (Wildman–Crippen LogP) is 2.35. The molecule has 1 fully saturated rings. The summed E-state index contributed by atoms with van der Waals surface area (Å²) in [6.07, 6.45) is 6.07. The Bertz CT molecular complexity index is 834. The third-order valence-electron chi connectivity index (χ3n) is 6.52. The quantitative estimate of drug-likeness (QED) is 0.425. The molecule has 7 nitrogen and oxygen atoms in total. The summed E-state index contributed by atoms with van der Waals surface area (Å²) in [7, 11) is 0. The molecular formula is C26H39N3O4. The number of nitrogens with one attached hydrogen (secondary N) is 2. The lowest BCUT2D eigenvalue weighted by atomic mass is 9.79. The molecule has 1 saturated heterocycles. The van der Waals surface area contributed by atoms with Gasteiger partial charge in [0.2, 0.25) is 5.91 Å². The van der Waals surface area contributed by atoms with Crippen molar-refractivity contribution in [3.05, 3.63) is 47.5 Å². The molecular weight excluding hydrogens is 418 g/mol. The predicted molar refractivity (Wildman–Crippen MR) is 129 cm³/mol. The molecule has 182 valence electrons. The molecule has 2 aliphatic rings. The van der Waals surface area contributed by atoms with E-state index in [1.165, 1.54) is 5.57 Å². The van der Waals surface area contributed by atoms with Crippen LogP contribution in [0.15, 0.2) is 42.0 Å². The van der Waals surface area contributed by atoms with E-state index in [4.69, 9.17) is 5.11 Å². The maximum absolute atomic E-state index is 13.2. The first-order valence-electron chi connectivity index (χ1n) is 12.0. The molecule has 0 bridgehead atoms. The summed E-state index contributed by atoms with van der Waals surface area (Å²) in [4.78, 5) is 26.5. The summed E-state index contributed by atoms with van der Waals surface area (Å²) < 4.78 is 0. The van der Waals surface area contributed by atoms with Gasteiger partial charge in [-0.25, -0.2) is 0 Å². The van der Waals surface area contributed by atoms with E-state index in [1.54, 1.807) is 0 Å². The van der Waals surface area contributed by atoms with Gasteiger partial charge in [-0.3, -0.25) is 14.5 Å². The average Bonchev–Trinajstić information content (AvgIpc) is 2.75. The highest BCUT2D eigenvalue weighted by molar-refractivity contribution is 5.82. The van der Waals surface area contributed by atoms with E-state index in [0.717, 1.165) is 31.2 Å². The molecule has 4 unspecified atom stereocenters. The van der Waals surface area contributed by atoms with Crippen LogP contribution < -0.4 is 10.6 Å². The maximum Gasteiger partial charge on any atom is 0.317 e. The molecule has 33 heavy (non-hydrogen) atoms. The van der Waals surface area contributed by atoms with Gasteiger partial charge < -0.3 is 20.8 Å². The Hall–Kier alpha value is -2.22. The van der Waals surface area contributed by atoms with Crippen LogP contribution in [0.3, 0.4) is 0 Å². The second-order valence-corrected chi connectivity index (χ2v) is 10.5. The number of aliphatic hydroxyl groups excluding tert-OH is 1. The summed E-state index contributed by atoms with van der Waals surface area (Å²) in [5.41, 5.74) is 2.06. The Labute approximate surface area is 197 Å². The smallest absolute Gasteiger partial charge is 0.317 e. The van der Waals surface area contributed by atoms with E-state index in [2.05, 4.69) is 21.6 Å². The molecule has 7 heteroatoms. The number of rotatable bonds is 9.